The molecular weight excluding hydrogens is 258 g/mol. The highest BCUT2D eigenvalue weighted by Gasteiger charge is 2.10. The second-order valence-electron chi connectivity index (χ2n) is 5.03. The van der Waals surface area contributed by atoms with Crippen molar-refractivity contribution in [1.29, 1.82) is 0 Å². The van der Waals surface area contributed by atoms with E-state index in [0.717, 1.165) is 25.5 Å². The Labute approximate surface area is 121 Å². The zero-order chi connectivity index (χ0) is 15.4. The molecule has 0 fully saturated rings. The van der Waals surface area contributed by atoms with E-state index in [4.69, 9.17) is 9.47 Å². The van der Waals surface area contributed by atoms with Crippen molar-refractivity contribution in [2.75, 3.05) is 33.4 Å². The number of carbonyl (C=O) groups is 2. The summed E-state index contributed by atoms with van der Waals surface area (Å²) < 4.78 is 10.0. The number of rotatable bonds is 11. The molecule has 0 aromatic heterocycles. The standard InChI is InChI=1S/C15H27NO4/c1-5-7-9-16(4)10-8-15(18)20-12-13(3)11-19-14(17)6-2/h6,13H,2,5,7-12H2,1,3-4H3. The van der Waals surface area contributed by atoms with Gasteiger partial charge in [-0.3, -0.25) is 4.79 Å². The zero-order valence-electron chi connectivity index (χ0n) is 12.9. The minimum atomic E-state index is -0.458. The van der Waals surface area contributed by atoms with Crippen molar-refractivity contribution in [3.8, 4) is 0 Å². The Morgan fingerprint density at radius 2 is 1.90 bits per heavy atom. The van der Waals surface area contributed by atoms with Gasteiger partial charge in [-0.05, 0) is 20.0 Å². The highest BCUT2D eigenvalue weighted by molar-refractivity contribution is 5.81. The third-order valence-electron chi connectivity index (χ3n) is 2.80. The third-order valence-corrected chi connectivity index (χ3v) is 2.80. The number of hydrogen-bond donors (Lipinski definition) is 0. The Morgan fingerprint density at radius 1 is 1.25 bits per heavy atom. The fraction of sp³-hybridized carbons (Fsp3) is 0.733. The molecule has 1 unspecified atom stereocenters. The van der Waals surface area contributed by atoms with Crippen LogP contribution in [-0.2, 0) is 19.1 Å². The first-order chi connectivity index (χ1) is 9.49. The minimum Gasteiger partial charge on any atom is -0.465 e. The summed E-state index contributed by atoms with van der Waals surface area (Å²) in [6.07, 6.45) is 3.79. The van der Waals surface area contributed by atoms with Crippen molar-refractivity contribution >= 4 is 11.9 Å². The average molecular weight is 285 g/mol. The van der Waals surface area contributed by atoms with Crippen molar-refractivity contribution in [3.05, 3.63) is 12.7 Å². The second kappa shape index (κ2) is 11.5. The van der Waals surface area contributed by atoms with E-state index < -0.39 is 5.97 Å². The van der Waals surface area contributed by atoms with Gasteiger partial charge in [-0.2, -0.15) is 0 Å². The van der Waals surface area contributed by atoms with Crippen molar-refractivity contribution in [3.63, 3.8) is 0 Å². The molecule has 0 aliphatic heterocycles. The molecule has 0 saturated carbocycles. The van der Waals surface area contributed by atoms with Gasteiger partial charge in [-0.1, -0.05) is 26.8 Å². The smallest absolute Gasteiger partial charge is 0.330 e. The van der Waals surface area contributed by atoms with Gasteiger partial charge in [0.25, 0.3) is 0 Å². The van der Waals surface area contributed by atoms with E-state index in [2.05, 4.69) is 18.4 Å². The number of hydrogen-bond acceptors (Lipinski definition) is 5. The van der Waals surface area contributed by atoms with E-state index in [0.29, 0.717) is 13.0 Å². The Morgan fingerprint density at radius 3 is 2.50 bits per heavy atom. The molecule has 0 aliphatic carbocycles. The first kappa shape index (κ1) is 18.6. The Balaban J connectivity index is 3.66. The summed E-state index contributed by atoms with van der Waals surface area (Å²) in [5.74, 6) is -0.684. The van der Waals surface area contributed by atoms with Gasteiger partial charge in [0, 0.05) is 18.5 Å². The highest BCUT2D eigenvalue weighted by atomic mass is 16.5. The van der Waals surface area contributed by atoms with E-state index in [9.17, 15) is 9.59 Å². The van der Waals surface area contributed by atoms with Crippen LogP contribution >= 0.6 is 0 Å². The molecule has 5 nitrogen and oxygen atoms in total. The summed E-state index contributed by atoms with van der Waals surface area (Å²) in [6.45, 7) is 9.51. The van der Waals surface area contributed by atoms with Crippen LogP contribution < -0.4 is 0 Å². The normalized spacial score (nSPS) is 12.0. The molecule has 0 amide bonds. The van der Waals surface area contributed by atoms with Gasteiger partial charge in [0.05, 0.1) is 19.6 Å². The van der Waals surface area contributed by atoms with Gasteiger partial charge in [-0.15, -0.1) is 0 Å². The van der Waals surface area contributed by atoms with Gasteiger partial charge >= 0.3 is 11.9 Å². The molecule has 0 aromatic carbocycles. The summed E-state index contributed by atoms with van der Waals surface area (Å²) in [4.78, 5) is 24.5. The average Bonchev–Trinajstić information content (AvgIpc) is 2.45. The van der Waals surface area contributed by atoms with Gasteiger partial charge in [0.1, 0.15) is 0 Å². The summed E-state index contributed by atoms with van der Waals surface area (Å²) in [6, 6.07) is 0. The first-order valence-corrected chi connectivity index (χ1v) is 7.12. The van der Waals surface area contributed by atoms with E-state index in [1.807, 2.05) is 14.0 Å². The number of unbranched alkanes of at least 4 members (excludes halogenated alkanes) is 1. The molecule has 0 aliphatic rings. The van der Waals surface area contributed by atoms with E-state index >= 15 is 0 Å². The Bertz CT molecular complexity index is 304. The molecule has 1 atom stereocenters. The van der Waals surface area contributed by atoms with Crippen molar-refractivity contribution in [2.24, 2.45) is 5.92 Å². The lowest BCUT2D eigenvalue weighted by Crippen LogP contribution is -2.24. The molecule has 0 spiro atoms. The molecule has 20 heavy (non-hydrogen) atoms. The SMILES string of the molecule is C=CC(=O)OCC(C)COC(=O)CCN(C)CCCC. The fourth-order valence-corrected chi connectivity index (χ4v) is 1.46. The lowest BCUT2D eigenvalue weighted by Gasteiger charge is -2.16. The molecule has 0 aromatic rings. The Kier molecular flexibility index (Phi) is 10.7. The predicted molar refractivity (Wildman–Crippen MR) is 78.3 cm³/mol. The fourth-order valence-electron chi connectivity index (χ4n) is 1.46. The number of carbonyl (C=O) groups excluding carboxylic acids is 2. The van der Waals surface area contributed by atoms with Crippen LogP contribution in [0.4, 0.5) is 0 Å². The lowest BCUT2D eigenvalue weighted by atomic mass is 10.2. The maximum atomic E-state index is 11.5. The van der Waals surface area contributed by atoms with Gasteiger partial charge in [0.15, 0.2) is 0 Å². The largest absolute Gasteiger partial charge is 0.465 e. The Hall–Kier alpha value is -1.36. The number of ether oxygens (including phenoxy) is 2. The van der Waals surface area contributed by atoms with E-state index in [-0.39, 0.29) is 25.1 Å². The molecule has 116 valence electrons. The van der Waals surface area contributed by atoms with Crippen LogP contribution in [0.15, 0.2) is 12.7 Å². The lowest BCUT2D eigenvalue weighted by molar-refractivity contribution is -0.146. The second-order valence-corrected chi connectivity index (χ2v) is 5.03. The topological polar surface area (TPSA) is 55.8 Å². The van der Waals surface area contributed by atoms with E-state index in [1.54, 1.807) is 0 Å². The van der Waals surface area contributed by atoms with Crippen LogP contribution in [0.1, 0.15) is 33.1 Å². The van der Waals surface area contributed by atoms with Crippen LogP contribution in [0.2, 0.25) is 0 Å². The van der Waals surface area contributed by atoms with Crippen LogP contribution in [0.3, 0.4) is 0 Å². The van der Waals surface area contributed by atoms with Crippen LogP contribution in [0.25, 0.3) is 0 Å². The molecule has 0 radical (unpaired) electrons. The molecular formula is C15H27NO4. The summed E-state index contributed by atoms with van der Waals surface area (Å²) in [5, 5.41) is 0. The summed E-state index contributed by atoms with van der Waals surface area (Å²) in [5.41, 5.74) is 0. The highest BCUT2D eigenvalue weighted by Crippen LogP contribution is 2.00. The van der Waals surface area contributed by atoms with E-state index in [1.165, 1.54) is 0 Å². The monoisotopic (exact) mass is 285 g/mol. The molecule has 0 rings (SSSR count). The van der Waals surface area contributed by atoms with Gasteiger partial charge < -0.3 is 14.4 Å². The van der Waals surface area contributed by atoms with Crippen LogP contribution in [0.5, 0.6) is 0 Å². The molecule has 0 heterocycles. The molecule has 0 bridgehead atoms. The van der Waals surface area contributed by atoms with Crippen molar-refractivity contribution in [1.82, 2.24) is 4.90 Å². The summed E-state index contributed by atoms with van der Waals surface area (Å²) >= 11 is 0. The zero-order valence-corrected chi connectivity index (χ0v) is 12.9. The summed E-state index contributed by atoms with van der Waals surface area (Å²) in [7, 11) is 2.00. The van der Waals surface area contributed by atoms with Crippen molar-refractivity contribution < 1.29 is 19.1 Å². The van der Waals surface area contributed by atoms with Crippen LogP contribution in [0, 0.1) is 5.92 Å². The van der Waals surface area contributed by atoms with Gasteiger partial charge in [0.2, 0.25) is 0 Å². The maximum absolute atomic E-state index is 11.5. The third kappa shape index (κ3) is 10.6. The molecule has 0 N–H and O–H groups in total. The number of nitrogens with zero attached hydrogens (tertiary/aromatic N) is 1. The van der Waals surface area contributed by atoms with Gasteiger partial charge in [-0.25, -0.2) is 4.79 Å². The van der Waals surface area contributed by atoms with Crippen LogP contribution in [-0.4, -0.2) is 50.2 Å². The maximum Gasteiger partial charge on any atom is 0.330 e. The molecule has 0 saturated heterocycles. The first-order valence-electron chi connectivity index (χ1n) is 7.12. The minimum absolute atomic E-state index is 0.0133. The molecule has 5 heteroatoms. The number of esters is 2. The van der Waals surface area contributed by atoms with Crippen molar-refractivity contribution in [2.45, 2.75) is 33.1 Å². The quantitative estimate of drug-likeness (QED) is 0.429. The predicted octanol–water partition coefficient (Wildman–Crippen LogP) is 2.02.